The number of hydrogen-bond donors (Lipinski definition) is 2. The van der Waals surface area contributed by atoms with E-state index in [4.69, 9.17) is 10.1 Å². The summed E-state index contributed by atoms with van der Waals surface area (Å²) in [6.07, 6.45) is 0.652. The fraction of sp³-hybridized carbons (Fsp3) is 0.222. The second kappa shape index (κ2) is 3.66. The van der Waals surface area contributed by atoms with Crippen LogP contribution in [0.5, 0.6) is 5.75 Å². The van der Waals surface area contributed by atoms with E-state index in [9.17, 15) is 0 Å². The first kappa shape index (κ1) is 9.86. The predicted octanol–water partition coefficient (Wildman–Crippen LogP) is 2.06. The van der Waals surface area contributed by atoms with Gasteiger partial charge in [0.15, 0.2) is 0 Å². The molecular formula is C9H11ClN2O. The van der Waals surface area contributed by atoms with Crippen molar-refractivity contribution in [2.45, 2.75) is 6.42 Å². The minimum Gasteiger partial charge on any atom is -0.496 e. The molecule has 2 rings (SSSR count). The van der Waals surface area contributed by atoms with Crippen LogP contribution in [0.1, 0.15) is 5.56 Å². The van der Waals surface area contributed by atoms with Gasteiger partial charge in [-0.25, -0.2) is 0 Å². The molecule has 0 amide bonds. The molecule has 0 aliphatic carbocycles. The Morgan fingerprint density at radius 1 is 1.46 bits per heavy atom. The zero-order chi connectivity index (χ0) is 8.55. The van der Waals surface area contributed by atoms with Gasteiger partial charge in [-0.1, -0.05) is 6.07 Å². The van der Waals surface area contributed by atoms with Gasteiger partial charge in [-0.15, -0.1) is 12.4 Å². The molecule has 0 fully saturated rings. The van der Waals surface area contributed by atoms with Gasteiger partial charge in [0.05, 0.1) is 7.11 Å². The van der Waals surface area contributed by atoms with E-state index in [0.29, 0.717) is 12.3 Å². The first-order valence-electron chi connectivity index (χ1n) is 3.81. The maximum atomic E-state index is 7.44. The van der Waals surface area contributed by atoms with Gasteiger partial charge in [0.25, 0.3) is 0 Å². The molecule has 70 valence electrons. The van der Waals surface area contributed by atoms with Crippen LogP contribution in [0.3, 0.4) is 0 Å². The molecule has 0 aromatic heterocycles. The monoisotopic (exact) mass is 198 g/mol. The van der Waals surface area contributed by atoms with Crippen molar-refractivity contribution in [3.05, 3.63) is 23.8 Å². The van der Waals surface area contributed by atoms with Gasteiger partial charge in [-0.2, -0.15) is 0 Å². The number of rotatable bonds is 1. The van der Waals surface area contributed by atoms with Crippen molar-refractivity contribution < 1.29 is 4.74 Å². The van der Waals surface area contributed by atoms with Crippen LogP contribution in [0.15, 0.2) is 18.2 Å². The van der Waals surface area contributed by atoms with Gasteiger partial charge in [0.2, 0.25) is 0 Å². The number of methoxy groups -OCH3 is 1. The summed E-state index contributed by atoms with van der Waals surface area (Å²) < 4.78 is 5.17. The Hall–Kier alpha value is -1.22. The molecule has 0 atom stereocenters. The number of hydrogen-bond acceptors (Lipinski definition) is 2. The normalized spacial score (nSPS) is 12.8. The number of anilines is 1. The summed E-state index contributed by atoms with van der Waals surface area (Å²) in [6.45, 7) is 0. The van der Waals surface area contributed by atoms with Crippen LogP contribution in [0.25, 0.3) is 0 Å². The van der Waals surface area contributed by atoms with Crippen molar-refractivity contribution in [3.63, 3.8) is 0 Å². The predicted molar refractivity (Wildman–Crippen MR) is 55.3 cm³/mol. The smallest absolute Gasteiger partial charge is 0.124 e. The van der Waals surface area contributed by atoms with E-state index in [2.05, 4.69) is 5.32 Å². The third-order valence-corrected chi connectivity index (χ3v) is 1.99. The van der Waals surface area contributed by atoms with Crippen LogP contribution in [-0.2, 0) is 6.42 Å². The summed E-state index contributed by atoms with van der Waals surface area (Å²) in [4.78, 5) is 0. The SMILES string of the molecule is COc1cccc2c1CC(=N)N2.Cl. The van der Waals surface area contributed by atoms with E-state index in [-0.39, 0.29) is 12.4 Å². The number of ether oxygens (including phenoxy) is 1. The minimum absolute atomic E-state index is 0. The molecule has 0 unspecified atom stereocenters. The fourth-order valence-corrected chi connectivity index (χ4v) is 1.44. The Bertz CT molecular complexity index is 338. The molecule has 1 aliphatic heterocycles. The lowest BCUT2D eigenvalue weighted by atomic mass is 10.1. The molecule has 0 bridgehead atoms. The Morgan fingerprint density at radius 3 is 2.92 bits per heavy atom. The maximum Gasteiger partial charge on any atom is 0.124 e. The van der Waals surface area contributed by atoms with Crippen LogP contribution in [-0.4, -0.2) is 12.9 Å². The van der Waals surface area contributed by atoms with E-state index in [0.717, 1.165) is 17.0 Å². The van der Waals surface area contributed by atoms with Crippen molar-refractivity contribution in [2.75, 3.05) is 12.4 Å². The summed E-state index contributed by atoms with van der Waals surface area (Å²) in [7, 11) is 1.65. The van der Waals surface area contributed by atoms with Crippen molar-refractivity contribution >= 4 is 23.9 Å². The summed E-state index contributed by atoms with van der Waals surface area (Å²) in [5, 5.41) is 10.4. The molecule has 4 heteroatoms. The lowest BCUT2D eigenvalue weighted by molar-refractivity contribution is 0.411. The number of fused-ring (bicyclic) bond motifs is 1. The van der Waals surface area contributed by atoms with Crippen LogP contribution in [0, 0.1) is 5.41 Å². The lowest BCUT2D eigenvalue weighted by Crippen LogP contribution is -2.02. The van der Waals surface area contributed by atoms with Crippen LogP contribution < -0.4 is 10.1 Å². The largest absolute Gasteiger partial charge is 0.496 e. The quantitative estimate of drug-likeness (QED) is 0.726. The van der Waals surface area contributed by atoms with E-state index < -0.39 is 0 Å². The standard InChI is InChI=1S/C9H10N2O.ClH/c1-12-8-4-2-3-7-6(8)5-9(10)11-7;/h2-4H,5H2,1H3,(H2,10,11);1H. The molecule has 0 spiro atoms. The highest BCUT2D eigenvalue weighted by Crippen LogP contribution is 2.30. The molecule has 1 aliphatic rings. The zero-order valence-corrected chi connectivity index (χ0v) is 8.07. The van der Waals surface area contributed by atoms with Gasteiger partial charge in [0, 0.05) is 17.7 Å². The summed E-state index contributed by atoms with van der Waals surface area (Å²) >= 11 is 0. The molecule has 13 heavy (non-hydrogen) atoms. The lowest BCUT2D eigenvalue weighted by Gasteiger charge is -2.04. The van der Waals surface area contributed by atoms with Crippen molar-refractivity contribution in [2.24, 2.45) is 0 Å². The molecule has 1 aromatic rings. The Balaban J connectivity index is 0.000000845. The highest BCUT2D eigenvalue weighted by Gasteiger charge is 2.17. The highest BCUT2D eigenvalue weighted by molar-refractivity contribution is 6.01. The van der Waals surface area contributed by atoms with E-state index >= 15 is 0 Å². The second-order valence-corrected chi connectivity index (χ2v) is 2.77. The summed E-state index contributed by atoms with van der Waals surface area (Å²) in [6, 6.07) is 5.79. The number of halogens is 1. The molecular weight excluding hydrogens is 188 g/mol. The molecule has 0 saturated heterocycles. The molecule has 0 saturated carbocycles. The highest BCUT2D eigenvalue weighted by atomic mass is 35.5. The third kappa shape index (κ3) is 1.60. The van der Waals surface area contributed by atoms with Gasteiger partial charge in [-0.05, 0) is 12.1 Å². The Kier molecular flexibility index (Phi) is 2.78. The van der Waals surface area contributed by atoms with Crippen molar-refractivity contribution in [1.82, 2.24) is 0 Å². The topological polar surface area (TPSA) is 45.1 Å². The second-order valence-electron chi connectivity index (χ2n) is 2.77. The number of amidine groups is 1. The number of benzene rings is 1. The van der Waals surface area contributed by atoms with E-state index in [1.807, 2.05) is 18.2 Å². The summed E-state index contributed by atoms with van der Waals surface area (Å²) in [5.41, 5.74) is 2.09. The van der Waals surface area contributed by atoms with Crippen molar-refractivity contribution in [3.8, 4) is 5.75 Å². The average molecular weight is 199 g/mol. The van der Waals surface area contributed by atoms with Gasteiger partial charge in [-0.3, -0.25) is 5.41 Å². The molecule has 3 nitrogen and oxygen atoms in total. The molecule has 2 N–H and O–H groups in total. The average Bonchev–Trinajstić information content (AvgIpc) is 2.44. The Labute approximate surface area is 83.0 Å². The first-order valence-corrected chi connectivity index (χ1v) is 3.81. The van der Waals surface area contributed by atoms with E-state index in [1.54, 1.807) is 7.11 Å². The minimum atomic E-state index is 0. The number of nitrogens with one attached hydrogen (secondary N) is 2. The van der Waals surface area contributed by atoms with Gasteiger partial charge < -0.3 is 10.1 Å². The maximum absolute atomic E-state index is 7.44. The van der Waals surface area contributed by atoms with E-state index in [1.165, 1.54) is 0 Å². The zero-order valence-electron chi connectivity index (χ0n) is 7.26. The Morgan fingerprint density at radius 2 is 2.23 bits per heavy atom. The van der Waals surface area contributed by atoms with Crippen molar-refractivity contribution in [1.29, 1.82) is 5.41 Å². The van der Waals surface area contributed by atoms with Gasteiger partial charge >= 0.3 is 0 Å². The van der Waals surface area contributed by atoms with Crippen LogP contribution in [0.2, 0.25) is 0 Å². The molecule has 1 heterocycles. The summed E-state index contributed by atoms with van der Waals surface area (Å²) in [5.74, 6) is 1.40. The van der Waals surface area contributed by atoms with Gasteiger partial charge in [0.1, 0.15) is 11.6 Å². The molecule has 0 radical (unpaired) electrons. The van der Waals surface area contributed by atoms with Crippen LogP contribution in [0.4, 0.5) is 5.69 Å². The first-order chi connectivity index (χ1) is 5.81. The molecule has 1 aromatic carbocycles. The third-order valence-electron chi connectivity index (χ3n) is 1.99. The fourth-order valence-electron chi connectivity index (χ4n) is 1.44. The van der Waals surface area contributed by atoms with Crippen LogP contribution >= 0.6 is 12.4 Å².